The van der Waals surface area contributed by atoms with E-state index in [1.165, 1.54) is 6.20 Å². The van der Waals surface area contributed by atoms with E-state index in [1.807, 2.05) is 0 Å². The molecule has 0 amide bonds. The lowest BCUT2D eigenvalue weighted by atomic mass is 9.80. The fourth-order valence-corrected chi connectivity index (χ4v) is 1.85. The van der Waals surface area contributed by atoms with Gasteiger partial charge in [-0.1, -0.05) is 27.7 Å². The van der Waals surface area contributed by atoms with Crippen LogP contribution < -0.4 is 11.1 Å². The van der Waals surface area contributed by atoms with Crippen molar-refractivity contribution in [3.05, 3.63) is 11.8 Å². The van der Waals surface area contributed by atoms with E-state index in [2.05, 4.69) is 49.0 Å². The van der Waals surface area contributed by atoms with Crippen molar-refractivity contribution in [1.82, 2.24) is 9.97 Å². The molecule has 0 radical (unpaired) electrons. The minimum absolute atomic E-state index is 0.126. The van der Waals surface area contributed by atoms with Gasteiger partial charge in [0.25, 0.3) is 0 Å². The van der Waals surface area contributed by atoms with Gasteiger partial charge in [0.05, 0.1) is 6.20 Å². The second-order valence-corrected chi connectivity index (χ2v) is 5.05. The van der Waals surface area contributed by atoms with Gasteiger partial charge in [0.15, 0.2) is 0 Å². The zero-order valence-corrected chi connectivity index (χ0v) is 11.5. The SMILES string of the molecule is CC[C@H](Nc1nc(N)ncc1C#N)C(C)(C)CC. The molecule has 5 heteroatoms. The molecule has 98 valence electrons. The van der Waals surface area contributed by atoms with Crippen LogP contribution in [-0.2, 0) is 0 Å². The third kappa shape index (κ3) is 3.10. The first-order valence-corrected chi connectivity index (χ1v) is 6.23. The lowest BCUT2D eigenvalue weighted by molar-refractivity contribution is 0.285. The van der Waals surface area contributed by atoms with E-state index in [9.17, 15) is 0 Å². The fourth-order valence-electron chi connectivity index (χ4n) is 1.85. The maximum atomic E-state index is 9.04. The number of nitriles is 1. The number of rotatable bonds is 5. The zero-order chi connectivity index (χ0) is 13.8. The maximum Gasteiger partial charge on any atom is 0.222 e. The highest BCUT2D eigenvalue weighted by molar-refractivity contribution is 5.53. The summed E-state index contributed by atoms with van der Waals surface area (Å²) in [6.07, 6.45) is 3.45. The molecule has 1 aromatic rings. The molecule has 0 aromatic carbocycles. The molecule has 1 atom stereocenters. The molecule has 5 nitrogen and oxygen atoms in total. The van der Waals surface area contributed by atoms with Crippen LogP contribution >= 0.6 is 0 Å². The largest absolute Gasteiger partial charge is 0.368 e. The molecular formula is C13H21N5. The summed E-state index contributed by atoms with van der Waals surface area (Å²) in [6.45, 7) is 8.67. The van der Waals surface area contributed by atoms with Crippen LogP contribution in [0.3, 0.4) is 0 Å². The van der Waals surface area contributed by atoms with Crippen molar-refractivity contribution in [2.45, 2.75) is 46.6 Å². The van der Waals surface area contributed by atoms with E-state index in [0.29, 0.717) is 11.4 Å². The van der Waals surface area contributed by atoms with Gasteiger partial charge < -0.3 is 11.1 Å². The molecule has 0 aliphatic carbocycles. The number of anilines is 2. The summed E-state index contributed by atoms with van der Waals surface area (Å²) in [6, 6.07) is 2.32. The van der Waals surface area contributed by atoms with Crippen molar-refractivity contribution in [3.8, 4) is 6.07 Å². The van der Waals surface area contributed by atoms with Crippen LogP contribution in [0.2, 0.25) is 0 Å². The number of hydrogen-bond donors (Lipinski definition) is 2. The molecule has 18 heavy (non-hydrogen) atoms. The Morgan fingerprint density at radius 2 is 2.17 bits per heavy atom. The number of nitrogens with two attached hydrogens (primary N) is 1. The minimum atomic E-state index is 0.126. The summed E-state index contributed by atoms with van der Waals surface area (Å²) in [5.41, 5.74) is 6.12. The Morgan fingerprint density at radius 1 is 1.50 bits per heavy atom. The smallest absolute Gasteiger partial charge is 0.222 e. The molecule has 0 unspecified atom stereocenters. The first-order valence-electron chi connectivity index (χ1n) is 6.23. The van der Waals surface area contributed by atoms with Crippen molar-refractivity contribution >= 4 is 11.8 Å². The molecular weight excluding hydrogens is 226 g/mol. The molecule has 3 N–H and O–H groups in total. The Balaban J connectivity index is 3.02. The summed E-state index contributed by atoms with van der Waals surface area (Å²) in [5.74, 6) is 0.707. The number of nitrogens with one attached hydrogen (secondary N) is 1. The van der Waals surface area contributed by atoms with Crippen LogP contribution in [-0.4, -0.2) is 16.0 Å². The molecule has 1 heterocycles. The van der Waals surface area contributed by atoms with Gasteiger partial charge in [-0.3, -0.25) is 0 Å². The number of aromatic nitrogens is 2. The fraction of sp³-hybridized carbons (Fsp3) is 0.615. The molecule has 0 saturated heterocycles. The highest BCUT2D eigenvalue weighted by atomic mass is 15.1. The average molecular weight is 247 g/mol. The van der Waals surface area contributed by atoms with E-state index < -0.39 is 0 Å². The van der Waals surface area contributed by atoms with Gasteiger partial charge in [0.2, 0.25) is 5.95 Å². The molecule has 1 rings (SSSR count). The third-order valence-corrected chi connectivity index (χ3v) is 3.50. The van der Waals surface area contributed by atoms with Gasteiger partial charge in [-0.25, -0.2) is 4.98 Å². The monoisotopic (exact) mass is 247 g/mol. The molecule has 0 aliphatic heterocycles. The predicted octanol–water partition coefficient (Wildman–Crippen LogP) is 2.56. The minimum Gasteiger partial charge on any atom is -0.368 e. The van der Waals surface area contributed by atoms with E-state index in [-0.39, 0.29) is 17.4 Å². The molecule has 1 aromatic heterocycles. The van der Waals surface area contributed by atoms with Crippen molar-refractivity contribution < 1.29 is 0 Å². The lowest BCUT2D eigenvalue weighted by Crippen LogP contribution is -2.35. The predicted molar refractivity (Wildman–Crippen MR) is 72.9 cm³/mol. The summed E-state index contributed by atoms with van der Waals surface area (Å²) in [5, 5.41) is 12.4. The normalized spacial score (nSPS) is 12.8. The van der Waals surface area contributed by atoms with E-state index in [0.717, 1.165) is 12.8 Å². The average Bonchev–Trinajstić information content (AvgIpc) is 2.35. The Labute approximate surface area is 108 Å². The van der Waals surface area contributed by atoms with Crippen LogP contribution in [0.25, 0.3) is 0 Å². The molecule has 0 saturated carbocycles. The van der Waals surface area contributed by atoms with E-state index >= 15 is 0 Å². The van der Waals surface area contributed by atoms with Gasteiger partial charge in [-0.05, 0) is 18.3 Å². The maximum absolute atomic E-state index is 9.04. The van der Waals surface area contributed by atoms with Crippen LogP contribution in [0.15, 0.2) is 6.20 Å². The Bertz CT molecular complexity index is 447. The van der Waals surface area contributed by atoms with Crippen molar-refractivity contribution in [2.24, 2.45) is 5.41 Å². The van der Waals surface area contributed by atoms with E-state index in [1.54, 1.807) is 0 Å². The molecule has 0 spiro atoms. The quantitative estimate of drug-likeness (QED) is 0.834. The standard InChI is InChI=1S/C13H21N5/c1-5-10(13(3,4)6-2)17-11-9(7-14)8-16-12(15)18-11/h8,10H,5-6H2,1-4H3,(H3,15,16,17,18)/t10-/m0/s1. The van der Waals surface area contributed by atoms with Crippen molar-refractivity contribution in [3.63, 3.8) is 0 Å². The summed E-state index contributed by atoms with van der Waals surface area (Å²) in [7, 11) is 0. The van der Waals surface area contributed by atoms with Crippen LogP contribution in [0.4, 0.5) is 11.8 Å². The van der Waals surface area contributed by atoms with Crippen LogP contribution in [0.1, 0.15) is 46.1 Å². The second-order valence-electron chi connectivity index (χ2n) is 5.05. The second kappa shape index (κ2) is 5.67. The first-order chi connectivity index (χ1) is 8.44. The summed E-state index contributed by atoms with van der Waals surface area (Å²) in [4.78, 5) is 7.94. The highest BCUT2D eigenvalue weighted by Crippen LogP contribution is 2.29. The molecule has 0 aliphatic rings. The number of hydrogen-bond acceptors (Lipinski definition) is 5. The van der Waals surface area contributed by atoms with Crippen molar-refractivity contribution in [1.29, 1.82) is 5.26 Å². The van der Waals surface area contributed by atoms with Crippen molar-refractivity contribution in [2.75, 3.05) is 11.1 Å². The topological polar surface area (TPSA) is 87.6 Å². The molecule has 0 fully saturated rings. The highest BCUT2D eigenvalue weighted by Gasteiger charge is 2.27. The molecule has 0 bridgehead atoms. The van der Waals surface area contributed by atoms with E-state index in [4.69, 9.17) is 11.0 Å². The Morgan fingerprint density at radius 3 is 2.67 bits per heavy atom. The number of nitrogens with zero attached hydrogens (tertiary/aromatic N) is 3. The Kier molecular flexibility index (Phi) is 4.49. The van der Waals surface area contributed by atoms with Crippen LogP contribution in [0, 0.1) is 16.7 Å². The summed E-state index contributed by atoms with van der Waals surface area (Å²) >= 11 is 0. The van der Waals surface area contributed by atoms with Gasteiger partial charge in [-0.2, -0.15) is 10.2 Å². The number of nitrogen functional groups attached to an aromatic ring is 1. The third-order valence-electron chi connectivity index (χ3n) is 3.50. The first kappa shape index (κ1) is 14.2. The van der Waals surface area contributed by atoms with Crippen LogP contribution in [0.5, 0.6) is 0 Å². The zero-order valence-electron chi connectivity index (χ0n) is 11.5. The van der Waals surface area contributed by atoms with Gasteiger partial charge >= 0.3 is 0 Å². The van der Waals surface area contributed by atoms with Gasteiger partial charge in [0, 0.05) is 6.04 Å². The Hall–Kier alpha value is -1.83. The summed E-state index contributed by atoms with van der Waals surface area (Å²) < 4.78 is 0. The van der Waals surface area contributed by atoms with Gasteiger partial charge in [0.1, 0.15) is 17.5 Å². The van der Waals surface area contributed by atoms with Gasteiger partial charge in [-0.15, -0.1) is 0 Å². The lowest BCUT2D eigenvalue weighted by Gasteiger charge is -2.34.